The molecule has 3 rings (SSSR count). The number of hydrogen-bond acceptors (Lipinski definition) is 3. The number of aryl methyl sites for hydroxylation is 1. The summed E-state index contributed by atoms with van der Waals surface area (Å²) in [6.45, 7) is 3.12. The quantitative estimate of drug-likeness (QED) is 0.887. The number of aromatic nitrogens is 1. The average molecular weight is 286 g/mol. The van der Waals surface area contributed by atoms with E-state index in [9.17, 15) is 0 Å². The van der Waals surface area contributed by atoms with E-state index in [0.29, 0.717) is 4.75 Å². The van der Waals surface area contributed by atoms with Gasteiger partial charge in [-0.3, -0.25) is 4.98 Å². The van der Waals surface area contributed by atoms with Crippen LogP contribution in [-0.2, 0) is 0 Å². The Labute approximate surface area is 125 Å². The van der Waals surface area contributed by atoms with Gasteiger partial charge in [-0.2, -0.15) is 11.8 Å². The maximum absolute atomic E-state index is 4.61. The number of anilines is 1. The molecule has 1 aliphatic carbocycles. The van der Waals surface area contributed by atoms with Crippen LogP contribution in [-0.4, -0.2) is 22.5 Å². The zero-order valence-electron chi connectivity index (χ0n) is 12.3. The lowest BCUT2D eigenvalue weighted by atomic mass is 10.1. The highest BCUT2D eigenvalue weighted by Crippen LogP contribution is 2.40. The first-order valence-corrected chi connectivity index (χ1v) is 8.60. The Hall–Kier alpha value is -1.22. The zero-order chi connectivity index (χ0) is 14.0. The molecule has 106 valence electrons. The number of hydrogen-bond donors (Lipinski definition) is 1. The van der Waals surface area contributed by atoms with Gasteiger partial charge >= 0.3 is 0 Å². The predicted octanol–water partition coefficient (Wildman–Crippen LogP) is 4.63. The van der Waals surface area contributed by atoms with Crippen molar-refractivity contribution in [3.05, 3.63) is 36.0 Å². The van der Waals surface area contributed by atoms with Gasteiger partial charge in [0.25, 0.3) is 0 Å². The van der Waals surface area contributed by atoms with Crippen molar-refractivity contribution in [1.82, 2.24) is 4.98 Å². The van der Waals surface area contributed by atoms with E-state index in [1.54, 1.807) is 0 Å². The van der Waals surface area contributed by atoms with Crippen LogP contribution in [0.3, 0.4) is 0 Å². The minimum atomic E-state index is 0.429. The number of rotatable bonds is 4. The van der Waals surface area contributed by atoms with Crippen LogP contribution in [0.2, 0.25) is 0 Å². The van der Waals surface area contributed by atoms with E-state index in [1.165, 1.54) is 36.8 Å². The van der Waals surface area contributed by atoms with Crippen molar-refractivity contribution >= 4 is 28.4 Å². The number of fused-ring (bicyclic) bond motifs is 1. The second-order valence-electron chi connectivity index (χ2n) is 5.78. The average Bonchev–Trinajstić information content (AvgIpc) is 2.94. The van der Waals surface area contributed by atoms with E-state index in [1.807, 2.05) is 11.8 Å². The van der Waals surface area contributed by atoms with E-state index >= 15 is 0 Å². The van der Waals surface area contributed by atoms with E-state index in [0.717, 1.165) is 17.8 Å². The first-order chi connectivity index (χ1) is 9.72. The Balaban J connectivity index is 1.87. The molecule has 2 aromatic rings. The summed E-state index contributed by atoms with van der Waals surface area (Å²) in [6, 6.07) is 10.6. The van der Waals surface area contributed by atoms with Crippen LogP contribution in [0.1, 0.15) is 31.4 Å². The van der Waals surface area contributed by atoms with E-state index in [-0.39, 0.29) is 0 Å². The van der Waals surface area contributed by atoms with Crippen LogP contribution in [0.5, 0.6) is 0 Å². The third kappa shape index (κ3) is 2.64. The lowest BCUT2D eigenvalue weighted by molar-refractivity contribution is 0.640. The van der Waals surface area contributed by atoms with Gasteiger partial charge in [-0.1, -0.05) is 31.0 Å². The fourth-order valence-electron chi connectivity index (χ4n) is 3.18. The molecule has 0 unspecified atom stereocenters. The van der Waals surface area contributed by atoms with Crippen molar-refractivity contribution < 1.29 is 0 Å². The number of pyridine rings is 1. The van der Waals surface area contributed by atoms with Gasteiger partial charge in [0.1, 0.15) is 0 Å². The molecule has 0 radical (unpaired) electrons. The Kier molecular flexibility index (Phi) is 3.88. The summed E-state index contributed by atoms with van der Waals surface area (Å²) in [4.78, 5) is 4.61. The number of nitrogens with one attached hydrogen (secondary N) is 1. The summed E-state index contributed by atoms with van der Waals surface area (Å²) >= 11 is 2.03. The van der Waals surface area contributed by atoms with Crippen LogP contribution < -0.4 is 5.32 Å². The smallest absolute Gasteiger partial charge is 0.0725 e. The fraction of sp³-hybridized carbons (Fsp3) is 0.471. The summed E-state index contributed by atoms with van der Waals surface area (Å²) < 4.78 is 0.429. The molecule has 1 fully saturated rings. The van der Waals surface area contributed by atoms with Crippen LogP contribution in [0.15, 0.2) is 30.3 Å². The standard InChI is InChI=1S/C17H22N2S/c1-13-11-16(14-7-3-4-8-15(14)19-13)18-12-17(20-2)9-5-6-10-17/h3-4,7-8,11H,5-6,9-10,12H2,1-2H3,(H,18,19). The third-order valence-corrected chi connectivity index (χ3v) is 5.81. The fourth-order valence-corrected chi connectivity index (χ4v) is 4.10. The van der Waals surface area contributed by atoms with E-state index in [4.69, 9.17) is 0 Å². The van der Waals surface area contributed by atoms with Gasteiger partial charge < -0.3 is 5.32 Å². The highest BCUT2D eigenvalue weighted by molar-refractivity contribution is 8.00. The van der Waals surface area contributed by atoms with Gasteiger partial charge in [0.15, 0.2) is 0 Å². The van der Waals surface area contributed by atoms with Crippen molar-refractivity contribution in [2.24, 2.45) is 0 Å². The summed E-state index contributed by atoms with van der Waals surface area (Å²) in [5.74, 6) is 0. The molecular formula is C17H22N2S. The van der Waals surface area contributed by atoms with E-state index < -0.39 is 0 Å². The molecule has 20 heavy (non-hydrogen) atoms. The Bertz CT molecular complexity index is 603. The molecule has 0 bridgehead atoms. The topological polar surface area (TPSA) is 24.9 Å². The van der Waals surface area contributed by atoms with Gasteiger partial charge in [0, 0.05) is 28.1 Å². The largest absolute Gasteiger partial charge is 0.383 e. The first kappa shape index (κ1) is 13.7. The van der Waals surface area contributed by atoms with Crippen molar-refractivity contribution in [3.63, 3.8) is 0 Å². The lowest BCUT2D eigenvalue weighted by Crippen LogP contribution is -2.30. The second kappa shape index (κ2) is 5.65. The minimum absolute atomic E-state index is 0.429. The Morgan fingerprint density at radius 3 is 2.75 bits per heavy atom. The molecule has 1 N–H and O–H groups in total. The SMILES string of the molecule is CSC1(CNc2cc(C)nc3ccccc23)CCCC1. The molecule has 1 aromatic carbocycles. The highest BCUT2D eigenvalue weighted by atomic mass is 32.2. The van der Waals surface area contributed by atoms with Gasteiger partial charge in [0.2, 0.25) is 0 Å². The van der Waals surface area contributed by atoms with Gasteiger partial charge in [-0.25, -0.2) is 0 Å². The highest BCUT2D eigenvalue weighted by Gasteiger charge is 2.32. The number of thioether (sulfide) groups is 1. The third-order valence-electron chi connectivity index (χ3n) is 4.39. The molecular weight excluding hydrogens is 264 g/mol. The van der Waals surface area contributed by atoms with Crippen molar-refractivity contribution in [2.75, 3.05) is 18.1 Å². The normalized spacial score (nSPS) is 17.5. The Morgan fingerprint density at radius 2 is 2.00 bits per heavy atom. The number of para-hydroxylation sites is 1. The first-order valence-electron chi connectivity index (χ1n) is 7.38. The summed E-state index contributed by atoms with van der Waals surface area (Å²) in [6.07, 6.45) is 7.67. The van der Waals surface area contributed by atoms with Gasteiger partial charge in [-0.05, 0) is 38.2 Å². The number of nitrogens with zero attached hydrogens (tertiary/aromatic N) is 1. The maximum Gasteiger partial charge on any atom is 0.0725 e. The van der Waals surface area contributed by atoms with Crippen molar-refractivity contribution in [2.45, 2.75) is 37.4 Å². The number of benzene rings is 1. The molecule has 1 saturated carbocycles. The van der Waals surface area contributed by atoms with Crippen molar-refractivity contribution in [3.8, 4) is 0 Å². The van der Waals surface area contributed by atoms with Crippen LogP contribution in [0.25, 0.3) is 10.9 Å². The van der Waals surface area contributed by atoms with Crippen molar-refractivity contribution in [1.29, 1.82) is 0 Å². The summed E-state index contributed by atoms with van der Waals surface area (Å²) in [5, 5.41) is 4.93. The Morgan fingerprint density at radius 1 is 1.25 bits per heavy atom. The maximum atomic E-state index is 4.61. The lowest BCUT2D eigenvalue weighted by Gasteiger charge is -2.28. The molecule has 0 amide bonds. The van der Waals surface area contributed by atoms with Crippen LogP contribution in [0, 0.1) is 6.92 Å². The van der Waals surface area contributed by atoms with Crippen LogP contribution in [0.4, 0.5) is 5.69 Å². The summed E-state index contributed by atoms with van der Waals surface area (Å²) in [7, 11) is 0. The monoisotopic (exact) mass is 286 g/mol. The molecule has 0 aliphatic heterocycles. The minimum Gasteiger partial charge on any atom is -0.383 e. The second-order valence-corrected chi connectivity index (χ2v) is 7.05. The molecule has 3 heteroatoms. The van der Waals surface area contributed by atoms with Gasteiger partial charge in [0.05, 0.1) is 5.52 Å². The molecule has 1 heterocycles. The summed E-state index contributed by atoms with van der Waals surface area (Å²) in [5.41, 5.74) is 3.39. The zero-order valence-corrected chi connectivity index (χ0v) is 13.1. The predicted molar refractivity (Wildman–Crippen MR) is 89.7 cm³/mol. The van der Waals surface area contributed by atoms with Gasteiger partial charge in [-0.15, -0.1) is 0 Å². The molecule has 2 nitrogen and oxygen atoms in total. The molecule has 1 aromatic heterocycles. The molecule has 0 atom stereocenters. The van der Waals surface area contributed by atoms with Crippen LogP contribution >= 0.6 is 11.8 Å². The van der Waals surface area contributed by atoms with E-state index in [2.05, 4.69) is 53.8 Å². The molecule has 1 aliphatic rings. The molecule has 0 spiro atoms. The molecule has 0 saturated heterocycles.